The molecule has 0 atom stereocenters. The van der Waals surface area contributed by atoms with Crippen LogP contribution in [-0.4, -0.2) is 44.9 Å². The normalized spacial score (nSPS) is 16.2. The summed E-state index contributed by atoms with van der Waals surface area (Å²) in [6.07, 6.45) is 1.95. The topological polar surface area (TPSA) is 75.7 Å². The molecule has 3 aromatic rings. The van der Waals surface area contributed by atoms with Crippen LogP contribution in [0.15, 0.2) is 59.5 Å². The zero-order chi connectivity index (χ0) is 22.1. The molecule has 0 bridgehead atoms. The summed E-state index contributed by atoms with van der Waals surface area (Å²) in [6.45, 7) is 1.92. The Morgan fingerprint density at radius 1 is 1.00 bits per heavy atom. The summed E-state index contributed by atoms with van der Waals surface area (Å²) in [5.41, 5.74) is 4.65. The predicted octanol–water partition coefficient (Wildman–Crippen LogP) is 3.46. The van der Waals surface area contributed by atoms with Crippen molar-refractivity contribution in [1.29, 1.82) is 0 Å². The van der Waals surface area contributed by atoms with Gasteiger partial charge < -0.3 is 10.1 Å². The molecule has 0 radical (unpaired) electrons. The van der Waals surface area contributed by atoms with Gasteiger partial charge in [-0.1, -0.05) is 36.4 Å². The number of thiophene rings is 1. The smallest absolute Gasteiger partial charge is 0.261 e. The Morgan fingerprint density at radius 2 is 1.72 bits per heavy atom. The lowest BCUT2D eigenvalue weighted by molar-refractivity contribution is 0.0730. The molecule has 1 aliphatic carbocycles. The first-order valence-electron chi connectivity index (χ1n) is 10.7. The Hall–Kier alpha value is -2.52. The second kappa shape index (κ2) is 8.78. The van der Waals surface area contributed by atoms with Crippen molar-refractivity contribution in [3.8, 4) is 10.4 Å². The van der Waals surface area contributed by atoms with Crippen molar-refractivity contribution >= 4 is 27.3 Å². The molecule has 1 amide bonds. The number of hydrogen-bond donors (Lipinski definition) is 1. The maximum atomic E-state index is 12.8. The average molecular weight is 469 g/mol. The highest BCUT2D eigenvalue weighted by Crippen LogP contribution is 2.39. The lowest BCUT2D eigenvalue weighted by Crippen LogP contribution is -2.40. The summed E-state index contributed by atoms with van der Waals surface area (Å²) in [6, 6.07) is 17.1. The molecule has 2 aromatic carbocycles. The van der Waals surface area contributed by atoms with E-state index in [1.54, 1.807) is 24.3 Å². The number of fused-ring (bicyclic) bond motifs is 3. The number of hydrogen-bond acceptors (Lipinski definition) is 5. The first-order valence-corrected chi connectivity index (χ1v) is 12.9. The van der Waals surface area contributed by atoms with E-state index in [-0.39, 0.29) is 10.8 Å². The van der Waals surface area contributed by atoms with Crippen molar-refractivity contribution in [2.75, 3.05) is 26.3 Å². The second-order valence-electron chi connectivity index (χ2n) is 7.97. The molecule has 0 unspecified atom stereocenters. The monoisotopic (exact) mass is 468 g/mol. The van der Waals surface area contributed by atoms with Crippen LogP contribution < -0.4 is 5.32 Å². The molecular weight excluding hydrogens is 444 g/mol. The number of carbonyl (C=O) groups excluding carboxylic acids is 1. The first-order chi connectivity index (χ1) is 15.5. The third-order valence-electron chi connectivity index (χ3n) is 5.94. The van der Waals surface area contributed by atoms with Gasteiger partial charge in [0, 0.05) is 24.5 Å². The van der Waals surface area contributed by atoms with Gasteiger partial charge >= 0.3 is 0 Å². The number of amides is 1. The van der Waals surface area contributed by atoms with Gasteiger partial charge in [0.2, 0.25) is 10.0 Å². The molecule has 1 fully saturated rings. The van der Waals surface area contributed by atoms with Crippen LogP contribution in [0.5, 0.6) is 0 Å². The summed E-state index contributed by atoms with van der Waals surface area (Å²) in [7, 11) is -3.51. The zero-order valence-electron chi connectivity index (χ0n) is 17.5. The number of sulfonamides is 1. The lowest BCUT2D eigenvalue weighted by Gasteiger charge is -2.26. The minimum Gasteiger partial charge on any atom is -0.379 e. The molecule has 2 aliphatic rings. The molecule has 1 aromatic heterocycles. The van der Waals surface area contributed by atoms with Crippen LogP contribution in [0.3, 0.4) is 0 Å². The zero-order valence-corrected chi connectivity index (χ0v) is 19.2. The van der Waals surface area contributed by atoms with Crippen LogP contribution in [-0.2, 0) is 34.1 Å². The third-order valence-corrected chi connectivity index (χ3v) is 9.06. The minimum atomic E-state index is -3.51. The fourth-order valence-electron chi connectivity index (χ4n) is 4.17. The van der Waals surface area contributed by atoms with E-state index in [1.165, 1.54) is 37.2 Å². The molecule has 0 saturated carbocycles. The van der Waals surface area contributed by atoms with Crippen LogP contribution in [0.25, 0.3) is 10.4 Å². The fourth-order valence-corrected chi connectivity index (χ4v) is 6.76. The van der Waals surface area contributed by atoms with E-state index in [2.05, 4.69) is 23.5 Å². The number of nitrogens with one attached hydrogen (secondary N) is 1. The molecule has 1 aliphatic heterocycles. The van der Waals surface area contributed by atoms with Gasteiger partial charge in [0.15, 0.2) is 0 Å². The van der Waals surface area contributed by atoms with Crippen molar-refractivity contribution in [3.05, 3.63) is 76.2 Å². The van der Waals surface area contributed by atoms with Crippen LogP contribution in [0.4, 0.5) is 0 Å². The SMILES string of the molecule is O=C(NCc1ccc(S(=O)(=O)N2CCOCC2)cc1)c1cc2c(s1)-c1ccccc1CC2. The van der Waals surface area contributed by atoms with Gasteiger partial charge in [-0.25, -0.2) is 8.42 Å². The lowest BCUT2D eigenvalue weighted by atomic mass is 9.91. The Bertz CT molecular complexity index is 1240. The van der Waals surface area contributed by atoms with E-state index in [9.17, 15) is 13.2 Å². The standard InChI is InChI=1S/C24H24N2O4S2/c27-24(22-15-19-8-7-18-3-1-2-4-21(18)23(19)31-22)25-16-17-5-9-20(10-6-17)32(28,29)26-11-13-30-14-12-26/h1-6,9-10,15H,7-8,11-14,16H2,(H,25,27). The molecular formula is C24H24N2O4S2. The maximum absolute atomic E-state index is 12.8. The van der Waals surface area contributed by atoms with Crippen LogP contribution in [0.2, 0.25) is 0 Å². The Balaban J connectivity index is 1.25. The molecule has 8 heteroatoms. The molecule has 0 spiro atoms. The first kappa shape index (κ1) is 21.3. The number of ether oxygens (including phenoxy) is 1. The van der Waals surface area contributed by atoms with Gasteiger partial charge in [-0.3, -0.25) is 4.79 Å². The number of benzene rings is 2. The number of morpholine rings is 1. The van der Waals surface area contributed by atoms with Crippen molar-refractivity contribution in [2.45, 2.75) is 24.3 Å². The number of rotatable bonds is 5. The molecule has 2 heterocycles. The Morgan fingerprint density at radius 3 is 2.50 bits per heavy atom. The molecule has 1 N–H and O–H groups in total. The summed E-state index contributed by atoms with van der Waals surface area (Å²) in [5, 5.41) is 2.97. The summed E-state index contributed by atoms with van der Waals surface area (Å²) in [5.74, 6) is -0.105. The maximum Gasteiger partial charge on any atom is 0.261 e. The van der Waals surface area contributed by atoms with E-state index in [1.807, 2.05) is 12.1 Å². The van der Waals surface area contributed by atoms with Crippen LogP contribution >= 0.6 is 11.3 Å². The fraction of sp³-hybridized carbons (Fsp3) is 0.292. The van der Waals surface area contributed by atoms with Crippen LogP contribution in [0, 0.1) is 0 Å². The summed E-state index contributed by atoms with van der Waals surface area (Å²) in [4.78, 5) is 14.9. The number of aryl methyl sites for hydroxylation is 2. The summed E-state index contributed by atoms with van der Waals surface area (Å²) < 4.78 is 32.2. The highest BCUT2D eigenvalue weighted by atomic mass is 32.2. The van der Waals surface area contributed by atoms with Gasteiger partial charge in [-0.2, -0.15) is 4.31 Å². The van der Waals surface area contributed by atoms with Gasteiger partial charge in [0.1, 0.15) is 0 Å². The van der Waals surface area contributed by atoms with E-state index in [0.29, 0.717) is 37.7 Å². The van der Waals surface area contributed by atoms with Crippen molar-refractivity contribution in [1.82, 2.24) is 9.62 Å². The third kappa shape index (κ3) is 4.11. The van der Waals surface area contributed by atoms with E-state index in [4.69, 9.17) is 4.74 Å². The number of nitrogens with zero attached hydrogens (tertiary/aromatic N) is 1. The molecule has 6 nitrogen and oxygen atoms in total. The molecule has 1 saturated heterocycles. The summed E-state index contributed by atoms with van der Waals surface area (Å²) >= 11 is 1.54. The molecule has 166 valence electrons. The van der Waals surface area contributed by atoms with E-state index < -0.39 is 10.0 Å². The van der Waals surface area contributed by atoms with Crippen molar-refractivity contribution in [3.63, 3.8) is 0 Å². The van der Waals surface area contributed by atoms with Gasteiger partial charge in [-0.15, -0.1) is 11.3 Å². The van der Waals surface area contributed by atoms with E-state index in [0.717, 1.165) is 18.4 Å². The van der Waals surface area contributed by atoms with Crippen molar-refractivity contribution in [2.24, 2.45) is 0 Å². The highest BCUT2D eigenvalue weighted by molar-refractivity contribution is 7.89. The van der Waals surface area contributed by atoms with Gasteiger partial charge in [0.05, 0.1) is 23.0 Å². The Labute approximate surface area is 191 Å². The molecule has 5 rings (SSSR count). The predicted molar refractivity (Wildman–Crippen MR) is 124 cm³/mol. The Kier molecular flexibility index (Phi) is 5.86. The largest absolute Gasteiger partial charge is 0.379 e. The van der Waals surface area contributed by atoms with Gasteiger partial charge in [0.25, 0.3) is 5.91 Å². The second-order valence-corrected chi connectivity index (χ2v) is 11.0. The average Bonchev–Trinajstić information content (AvgIpc) is 3.28. The van der Waals surface area contributed by atoms with E-state index >= 15 is 0 Å². The number of carbonyl (C=O) groups is 1. The van der Waals surface area contributed by atoms with Crippen LogP contribution in [0.1, 0.15) is 26.4 Å². The van der Waals surface area contributed by atoms with Crippen molar-refractivity contribution < 1.29 is 17.9 Å². The molecule has 32 heavy (non-hydrogen) atoms. The highest BCUT2D eigenvalue weighted by Gasteiger charge is 2.26. The quantitative estimate of drug-likeness (QED) is 0.622. The van der Waals surface area contributed by atoms with Gasteiger partial charge in [-0.05, 0) is 53.3 Å². The minimum absolute atomic E-state index is 0.105.